The van der Waals surface area contributed by atoms with Gasteiger partial charge in [0.1, 0.15) is 5.82 Å². The molecule has 0 N–H and O–H groups in total. The van der Waals surface area contributed by atoms with Crippen molar-refractivity contribution in [2.45, 2.75) is 11.1 Å². The summed E-state index contributed by atoms with van der Waals surface area (Å²) in [6, 6.07) is 5.66. The van der Waals surface area contributed by atoms with Crippen LogP contribution in [0.4, 0.5) is 10.1 Å². The van der Waals surface area contributed by atoms with Crippen LogP contribution in [0.15, 0.2) is 28.5 Å². The first-order valence-electron chi connectivity index (χ1n) is 5.20. The molecule has 0 aliphatic heterocycles. The minimum atomic E-state index is -3.86. The predicted molar refractivity (Wildman–Crippen MR) is 73.8 cm³/mol. The summed E-state index contributed by atoms with van der Waals surface area (Å²) in [7, 11) is -2.57. The number of rotatable bonds is 3. The van der Waals surface area contributed by atoms with Crippen molar-refractivity contribution in [1.82, 2.24) is 4.98 Å². The monoisotopic (exact) mass is 320 g/mol. The molecule has 1 heterocycles. The lowest BCUT2D eigenvalue weighted by Crippen LogP contribution is -2.27. The Morgan fingerprint density at radius 2 is 2.00 bits per heavy atom. The lowest BCUT2D eigenvalue weighted by Gasteiger charge is -2.19. The summed E-state index contributed by atoms with van der Waals surface area (Å²) < 4.78 is 39.5. The lowest BCUT2D eigenvalue weighted by molar-refractivity contribution is 0.591. The number of hydrogen-bond acceptors (Lipinski definition) is 4. The van der Waals surface area contributed by atoms with E-state index in [9.17, 15) is 12.8 Å². The van der Waals surface area contributed by atoms with Crippen LogP contribution in [0.25, 0.3) is 0 Å². The molecule has 0 saturated carbocycles. The predicted octanol–water partition coefficient (Wildman–Crippen LogP) is 3.07. The molecule has 0 radical (unpaired) electrons. The summed E-state index contributed by atoms with van der Waals surface area (Å²) in [5.74, 6) is -0.609. The van der Waals surface area contributed by atoms with Crippen LogP contribution < -0.4 is 4.31 Å². The van der Waals surface area contributed by atoms with Crippen LogP contribution in [0, 0.1) is 12.7 Å². The molecule has 8 heteroatoms. The SMILES string of the molecule is Cc1nc(Cl)sc1S(=O)(=O)N(C)c1ccccc1F. The highest BCUT2D eigenvalue weighted by molar-refractivity contribution is 7.94. The molecule has 4 nitrogen and oxygen atoms in total. The van der Waals surface area contributed by atoms with E-state index in [-0.39, 0.29) is 14.4 Å². The number of hydrogen-bond donors (Lipinski definition) is 0. The third-order valence-electron chi connectivity index (χ3n) is 2.51. The van der Waals surface area contributed by atoms with Gasteiger partial charge in [0.2, 0.25) is 0 Å². The largest absolute Gasteiger partial charge is 0.275 e. The van der Waals surface area contributed by atoms with Crippen molar-refractivity contribution < 1.29 is 12.8 Å². The maximum Gasteiger partial charge on any atom is 0.275 e. The smallest absolute Gasteiger partial charge is 0.266 e. The van der Waals surface area contributed by atoms with Crippen LogP contribution in [-0.2, 0) is 10.0 Å². The standard InChI is InChI=1S/C11H10ClFN2O2S2/c1-7-10(18-11(12)14-7)19(16,17)15(2)9-6-4-3-5-8(9)13/h3-6H,1-2H3. The Bertz CT molecular complexity index is 715. The maximum absolute atomic E-state index is 13.6. The number of para-hydroxylation sites is 1. The number of anilines is 1. The highest BCUT2D eigenvalue weighted by Crippen LogP contribution is 2.31. The van der Waals surface area contributed by atoms with Crippen molar-refractivity contribution in [3.63, 3.8) is 0 Å². The molecule has 0 amide bonds. The molecule has 0 fully saturated rings. The molecule has 0 spiro atoms. The molecule has 0 aliphatic rings. The van der Waals surface area contributed by atoms with Crippen molar-refractivity contribution in [3.8, 4) is 0 Å². The van der Waals surface area contributed by atoms with E-state index in [4.69, 9.17) is 11.6 Å². The topological polar surface area (TPSA) is 50.3 Å². The molecule has 102 valence electrons. The van der Waals surface area contributed by atoms with Gasteiger partial charge in [-0.05, 0) is 19.1 Å². The molecule has 1 aromatic carbocycles. The first-order chi connectivity index (χ1) is 8.84. The van der Waals surface area contributed by atoms with E-state index < -0.39 is 15.8 Å². The van der Waals surface area contributed by atoms with Gasteiger partial charge in [0.05, 0.1) is 11.4 Å². The van der Waals surface area contributed by atoms with E-state index in [1.807, 2.05) is 0 Å². The van der Waals surface area contributed by atoms with Crippen LogP contribution >= 0.6 is 22.9 Å². The Labute approximate surface area is 119 Å². The molecule has 19 heavy (non-hydrogen) atoms. The third kappa shape index (κ3) is 2.58. The number of thiazole rings is 1. The third-order valence-corrected chi connectivity index (χ3v) is 6.13. The number of benzene rings is 1. The van der Waals surface area contributed by atoms with Gasteiger partial charge in [0.15, 0.2) is 8.68 Å². The van der Waals surface area contributed by atoms with E-state index in [0.717, 1.165) is 15.6 Å². The van der Waals surface area contributed by atoms with Crippen LogP contribution in [0.5, 0.6) is 0 Å². The van der Waals surface area contributed by atoms with Gasteiger partial charge in [0.25, 0.3) is 10.0 Å². The fourth-order valence-electron chi connectivity index (χ4n) is 1.55. The minimum absolute atomic E-state index is 0.0169. The van der Waals surface area contributed by atoms with E-state index >= 15 is 0 Å². The Kier molecular flexibility index (Phi) is 3.80. The van der Waals surface area contributed by atoms with Crippen molar-refractivity contribution in [3.05, 3.63) is 40.2 Å². The molecule has 0 bridgehead atoms. The molecule has 0 atom stereocenters. The number of aromatic nitrogens is 1. The summed E-state index contributed by atoms with van der Waals surface area (Å²) in [5.41, 5.74) is 0.282. The van der Waals surface area contributed by atoms with E-state index in [0.29, 0.717) is 5.69 Å². The first kappa shape index (κ1) is 14.2. The Balaban J connectivity index is 2.52. The van der Waals surface area contributed by atoms with Crippen LogP contribution in [-0.4, -0.2) is 20.4 Å². The molecular formula is C11H10ClFN2O2S2. The van der Waals surface area contributed by atoms with Gasteiger partial charge in [-0.2, -0.15) is 0 Å². The highest BCUT2D eigenvalue weighted by atomic mass is 35.5. The average molecular weight is 321 g/mol. The second-order valence-electron chi connectivity index (χ2n) is 3.76. The Morgan fingerprint density at radius 1 is 1.37 bits per heavy atom. The zero-order valence-corrected chi connectivity index (χ0v) is 12.5. The van der Waals surface area contributed by atoms with Gasteiger partial charge < -0.3 is 0 Å². The second kappa shape index (κ2) is 5.07. The van der Waals surface area contributed by atoms with Gasteiger partial charge in [-0.3, -0.25) is 4.31 Å². The molecule has 0 aliphatic carbocycles. The van der Waals surface area contributed by atoms with Crippen LogP contribution in [0.2, 0.25) is 4.47 Å². The summed E-state index contributed by atoms with van der Waals surface area (Å²) >= 11 is 6.56. The van der Waals surface area contributed by atoms with Crippen LogP contribution in [0.3, 0.4) is 0 Å². The fourth-order valence-corrected chi connectivity index (χ4v) is 4.64. The molecule has 1 aromatic heterocycles. The average Bonchev–Trinajstić information content (AvgIpc) is 2.69. The second-order valence-corrected chi connectivity index (χ2v) is 7.51. The highest BCUT2D eigenvalue weighted by Gasteiger charge is 2.28. The lowest BCUT2D eigenvalue weighted by atomic mass is 10.3. The number of sulfonamides is 1. The molecule has 0 unspecified atom stereocenters. The summed E-state index contributed by atoms with van der Waals surface area (Å²) in [6.45, 7) is 1.55. The van der Waals surface area contributed by atoms with Crippen molar-refractivity contribution >= 4 is 38.6 Å². The number of nitrogens with zero attached hydrogens (tertiary/aromatic N) is 2. The molecular weight excluding hydrogens is 311 g/mol. The maximum atomic E-state index is 13.6. The normalized spacial score (nSPS) is 11.6. The van der Waals surface area contributed by atoms with Gasteiger partial charge in [-0.1, -0.05) is 35.1 Å². The fraction of sp³-hybridized carbons (Fsp3) is 0.182. The summed E-state index contributed by atoms with van der Waals surface area (Å²) in [5, 5.41) is 0. The Morgan fingerprint density at radius 3 is 2.53 bits per heavy atom. The van der Waals surface area contributed by atoms with E-state index in [1.54, 1.807) is 13.0 Å². The quantitative estimate of drug-likeness (QED) is 0.873. The van der Waals surface area contributed by atoms with Gasteiger partial charge in [0, 0.05) is 7.05 Å². The van der Waals surface area contributed by atoms with E-state index in [1.165, 1.54) is 25.2 Å². The van der Waals surface area contributed by atoms with Gasteiger partial charge in [-0.15, -0.1) is 0 Å². The summed E-state index contributed by atoms with van der Waals surface area (Å²) in [4.78, 5) is 3.86. The van der Waals surface area contributed by atoms with Crippen molar-refractivity contribution in [2.24, 2.45) is 0 Å². The number of halogens is 2. The zero-order chi connectivity index (χ0) is 14.2. The van der Waals surface area contributed by atoms with Crippen molar-refractivity contribution in [2.75, 3.05) is 11.4 Å². The minimum Gasteiger partial charge on any atom is -0.266 e. The van der Waals surface area contributed by atoms with Crippen LogP contribution in [0.1, 0.15) is 5.69 Å². The van der Waals surface area contributed by atoms with Gasteiger partial charge in [-0.25, -0.2) is 17.8 Å². The van der Waals surface area contributed by atoms with Gasteiger partial charge >= 0.3 is 0 Å². The number of aryl methyl sites for hydroxylation is 1. The zero-order valence-electron chi connectivity index (χ0n) is 10.1. The molecule has 0 saturated heterocycles. The van der Waals surface area contributed by atoms with Crippen molar-refractivity contribution in [1.29, 1.82) is 0 Å². The van der Waals surface area contributed by atoms with E-state index in [2.05, 4.69) is 4.98 Å². The summed E-state index contributed by atoms with van der Waals surface area (Å²) in [6.07, 6.45) is 0. The Hall–Kier alpha value is -1.18. The first-order valence-corrected chi connectivity index (χ1v) is 7.84. The molecule has 2 aromatic rings. The molecule has 2 rings (SSSR count).